The van der Waals surface area contributed by atoms with E-state index in [2.05, 4.69) is 5.32 Å². The highest BCUT2D eigenvalue weighted by molar-refractivity contribution is 5.85. The fraction of sp³-hybridized carbons (Fsp3) is 0.750. The number of aliphatic carboxylic acids is 1. The Morgan fingerprint density at radius 1 is 1.54 bits per heavy atom. The quantitative estimate of drug-likeness (QED) is 0.638. The number of carboxylic acid groups (broad SMARTS) is 1. The zero-order valence-electron chi connectivity index (χ0n) is 8.09. The van der Waals surface area contributed by atoms with Gasteiger partial charge in [-0.2, -0.15) is 0 Å². The van der Waals surface area contributed by atoms with Crippen LogP contribution in [0.15, 0.2) is 0 Å². The summed E-state index contributed by atoms with van der Waals surface area (Å²) in [6.07, 6.45) is 0. The van der Waals surface area contributed by atoms with Gasteiger partial charge >= 0.3 is 5.97 Å². The summed E-state index contributed by atoms with van der Waals surface area (Å²) in [7, 11) is 0. The van der Waals surface area contributed by atoms with E-state index in [9.17, 15) is 9.59 Å². The molecule has 5 heteroatoms. The molecule has 0 bridgehead atoms. The molecule has 1 amide bonds. The minimum Gasteiger partial charge on any atom is -0.479 e. The van der Waals surface area contributed by atoms with Crippen molar-refractivity contribution >= 4 is 11.9 Å². The Hall–Kier alpha value is -1.10. The monoisotopic (exact) mass is 189 g/mol. The summed E-state index contributed by atoms with van der Waals surface area (Å²) >= 11 is 0. The van der Waals surface area contributed by atoms with Gasteiger partial charge in [-0.15, -0.1) is 0 Å². The molecule has 0 spiro atoms. The highest BCUT2D eigenvalue weighted by Crippen LogP contribution is 2.04. The van der Waals surface area contributed by atoms with Gasteiger partial charge in [0.15, 0.2) is 5.54 Å². The zero-order valence-corrected chi connectivity index (χ0v) is 8.09. The first-order valence-electron chi connectivity index (χ1n) is 4.02. The van der Waals surface area contributed by atoms with E-state index in [1.165, 1.54) is 13.8 Å². The Bertz CT molecular complexity index is 204. The summed E-state index contributed by atoms with van der Waals surface area (Å²) < 4.78 is 4.97. The van der Waals surface area contributed by atoms with Crippen molar-refractivity contribution in [1.29, 1.82) is 0 Å². The number of amides is 1. The second-order valence-electron chi connectivity index (χ2n) is 2.96. The van der Waals surface area contributed by atoms with Crippen LogP contribution in [0.25, 0.3) is 0 Å². The van der Waals surface area contributed by atoms with E-state index < -0.39 is 11.5 Å². The summed E-state index contributed by atoms with van der Waals surface area (Å²) in [5.74, 6) is -1.49. The van der Waals surface area contributed by atoms with Crippen molar-refractivity contribution < 1.29 is 19.4 Å². The van der Waals surface area contributed by atoms with Crippen molar-refractivity contribution in [2.24, 2.45) is 0 Å². The Kier molecular flexibility index (Phi) is 4.40. The predicted octanol–water partition coefficient (Wildman–Crippen LogP) is 0.00230. The first-order chi connectivity index (χ1) is 5.92. The number of carbonyl (C=O) groups is 2. The van der Waals surface area contributed by atoms with Crippen molar-refractivity contribution in [3.8, 4) is 0 Å². The molecule has 13 heavy (non-hydrogen) atoms. The number of carbonyl (C=O) groups excluding carboxylic acids is 1. The van der Waals surface area contributed by atoms with Crippen molar-refractivity contribution in [2.75, 3.05) is 13.2 Å². The molecule has 0 saturated carbocycles. The smallest absolute Gasteiger partial charge is 0.331 e. The Morgan fingerprint density at radius 3 is 2.38 bits per heavy atom. The SMILES string of the molecule is CCOCC(C)(NC(C)=O)C(=O)O. The van der Waals surface area contributed by atoms with Gasteiger partial charge in [-0.1, -0.05) is 0 Å². The number of hydrogen-bond acceptors (Lipinski definition) is 3. The average Bonchev–Trinajstić information content (AvgIpc) is 1.99. The second-order valence-corrected chi connectivity index (χ2v) is 2.96. The Morgan fingerprint density at radius 2 is 2.08 bits per heavy atom. The van der Waals surface area contributed by atoms with Crippen LogP contribution in [0.5, 0.6) is 0 Å². The van der Waals surface area contributed by atoms with Crippen LogP contribution in [0.3, 0.4) is 0 Å². The number of rotatable bonds is 5. The molecular formula is C8H15NO4. The van der Waals surface area contributed by atoms with Gasteiger partial charge < -0.3 is 15.2 Å². The number of ether oxygens (including phenoxy) is 1. The molecule has 0 saturated heterocycles. The minimum atomic E-state index is -1.33. The first kappa shape index (κ1) is 11.9. The van der Waals surface area contributed by atoms with Crippen LogP contribution in [0.4, 0.5) is 0 Å². The summed E-state index contributed by atoms with van der Waals surface area (Å²) in [6.45, 7) is 4.83. The second kappa shape index (κ2) is 4.81. The maximum atomic E-state index is 10.8. The molecule has 0 aliphatic heterocycles. The molecule has 2 N–H and O–H groups in total. The maximum absolute atomic E-state index is 10.8. The van der Waals surface area contributed by atoms with Crippen LogP contribution in [0.1, 0.15) is 20.8 Å². The average molecular weight is 189 g/mol. The third-order valence-corrected chi connectivity index (χ3v) is 1.52. The normalized spacial score (nSPS) is 14.7. The van der Waals surface area contributed by atoms with Gasteiger partial charge in [0, 0.05) is 13.5 Å². The van der Waals surface area contributed by atoms with Crippen molar-refractivity contribution in [1.82, 2.24) is 5.32 Å². The van der Waals surface area contributed by atoms with Crippen LogP contribution in [-0.2, 0) is 14.3 Å². The molecule has 0 aromatic carbocycles. The van der Waals surface area contributed by atoms with E-state index in [0.29, 0.717) is 6.61 Å². The molecule has 0 heterocycles. The molecule has 0 radical (unpaired) electrons. The molecule has 0 aromatic heterocycles. The third-order valence-electron chi connectivity index (χ3n) is 1.52. The lowest BCUT2D eigenvalue weighted by molar-refractivity contribution is -0.149. The predicted molar refractivity (Wildman–Crippen MR) is 46.4 cm³/mol. The first-order valence-corrected chi connectivity index (χ1v) is 4.02. The van der Waals surface area contributed by atoms with E-state index in [1.807, 2.05) is 0 Å². The van der Waals surface area contributed by atoms with Gasteiger partial charge in [-0.3, -0.25) is 4.79 Å². The van der Waals surface area contributed by atoms with Crippen molar-refractivity contribution in [3.63, 3.8) is 0 Å². The number of carboxylic acids is 1. The number of hydrogen-bond donors (Lipinski definition) is 2. The zero-order chi connectivity index (χ0) is 10.5. The molecule has 0 aromatic rings. The standard InChI is InChI=1S/C8H15NO4/c1-4-13-5-8(3,7(11)12)9-6(2)10/h4-5H2,1-3H3,(H,9,10)(H,11,12). The lowest BCUT2D eigenvalue weighted by atomic mass is 10.0. The molecule has 1 atom stereocenters. The van der Waals surface area contributed by atoms with Gasteiger partial charge in [0.25, 0.3) is 0 Å². The number of nitrogens with one attached hydrogen (secondary N) is 1. The Balaban J connectivity index is 4.34. The fourth-order valence-corrected chi connectivity index (χ4v) is 0.846. The summed E-state index contributed by atoms with van der Waals surface area (Å²) in [5, 5.41) is 11.1. The highest BCUT2D eigenvalue weighted by atomic mass is 16.5. The van der Waals surface area contributed by atoms with E-state index in [4.69, 9.17) is 9.84 Å². The lowest BCUT2D eigenvalue weighted by Crippen LogP contribution is -2.54. The fourth-order valence-electron chi connectivity index (χ4n) is 0.846. The van der Waals surface area contributed by atoms with Gasteiger partial charge in [-0.25, -0.2) is 4.79 Å². The molecule has 5 nitrogen and oxygen atoms in total. The van der Waals surface area contributed by atoms with E-state index >= 15 is 0 Å². The molecule has 0 fully saturated rings. The molecule has 0 rings (SSSR count). The van der Waals surface area contributed by atoms with Crippen LogP contribution in [0.2, 0.25) is 0 Å². The highest BCUT2D eigenvalue weighted by Gasteiger charge is 2.34. The van der Waals surface area contributed by atoms with Crippen LogP contribution in [0, 0.1) is 0 Å². The summed E-state index contributed by atoms with van der Waals surface area (Å²) in [4.78, 5) is 21.5. The van der Waals surface area contributed by atoms with Crippen molar-refractivity contribution in [3.05, 3.63) is 0 Å². The van der Waals surface area contributed by atoms with Gasteiger partial charge in [0.2, 0.25) is 5.91 Å². The lowest BCUT2D eigenvalue weighted by Gasteiger charge is -2.24. The van der Waals surface area contributed by atoms with E-state index in [1.54, 1.807) is 6.92 Å². The largest absolute Gasteiger partial charge is 0.479 e. The molecule has 0 aliphatic carbocycles. The third kappa shape index (κ3) is 3.89. The van der Waals surface area contributed by atoms with Gasteiger partial charge in [0.1, 0.15) is 0 Å². The molecule has 76 valence electrons. The van der Waals surface area contributed by atoms with Crippen molar-refractivity contribution in [2.45, 2.75) is 26.3 Å². The van der Waals surface area contributed by atoms with Gasteiger partial charge in [0.05, 0.1) is 6.61 Å². The molecular weight excluding hydrogens is 174 g/mol. The van der Waals surface area contributed by atoms with E-state index in [0.717, 1.165) is 0 Å². The summed E-state index contributed by atoms with van der Waals surface area (Å²) in [6, 6.07) is 0. The topological polar surface area (TPSA) is 75.6 Å². The van der Waals surface area contributed by atoms with Crippen LogP contribution >= 0.6 is 0 Å². The minimum absolute atomic E-state index is 0.0294. The molecule has 1 unspecified atom stereocenters. The summed E-state index contributed by atoms with van der Waals surface area (Å²) in [5.41, 5.74) is -1.33. The van der Waals surface area contributed by atoms with Crippen LogP contribution in [-0.4, -0.2) is 35.7 Å². The van der Waals surface area contributed by atoms with E-state index in [-0.39, 0.29) is 12.5 Å². The van der Waals surface area contributed by atoms with Gasteiger partial charge in [-0.05, 0) is 13.8 Å². The maximum Gasteiger partial charge on any atom is 0.331 e. The Labute approximate surface area is 77.1 Å². The molecule has 0 aliphatic rings. The van der Waals surface area contributed by atoms with Crippen LogP contribution < -0.4 is 5.32 Å².